The minimum absolute atomic E-state index is 0.169. The Hall–Kier alpha value is -0.860. The van der Waals surface area contributed by atoms with E-state index in [0.717, 1.165) is 37.5 Å². The van der Waals surface area contributed by atoms with Crippen molar-refractivity contribution in [1.29, 1.82) is 0 Å². The number of aliphatic carboxylic acids is 1. The monoisotopic (exact) mass is 360 g/mol. The number of ketones is 1. The third-order valence-corrected chi connectivity index (χ3v) is 9.57. The Morgan fingerprint density at radius 2 is 1.88 bits per heavy atom. The Bertz CT molecular complexity index is 584. The molecule has 0 aromatic carbocycles. The fraction of sp³-hybridized carbons (Fsp3) is 0.913. The van der Waals surface area contributed by atoms with Crippen LogP contribution in [0.3, 0.4) is 0 Å². The molecular formula is C23H36O3. The molecule has 0 aromatic heterocycles. The van der Waals surface area contributed by atoms with Crippen molar-refractivity contribution in [2.75, 3.05) is 0 Å². The van der Waals surface area contributed by atoms with Crippen LogP contribution in [0.4, 0.5) is 0 Å². The number of fused-ring (bicyclic) bond motifs is 5. The summed E-state index contributed by atoms with van der Waals surface area (Å²) in [5.41, 5.74) is 0.233. The van der Waals surface area contributed by atoms with Crippen molar-refractivity contribution in [3.05, 3.63) is 0 Å². The quantitative estimate of drug-likeness (QED) is 0.723. The molecule has 26 heavy (non-hydrogen) atoms. The molecule has 6 unspecified atom stereocenters. The topological polar surface area (TPSA) is 54.4 Å². The average molecular weight is 361 g/mol. The van der Waals surface area contributed by atoms with Crippen molar-refractivity contribution in [1.82, 2.24) is 0 Å². The van der Waals surface area contributed by atoms with Gasteiger partial charge in [-0.2, -0.15) is 0 Å². The Morgan fingerprint density at radius 3 is 2.65 bits per heavy atom. The lowest BCUT2D eigenvalue weighted by Crippen LogP contribution is -2.56. The third-order valence-electron chi connectivity index (χ3n) is 9.57. The predicted octanol–water partition coefficient (Wildman–Crippen LogP) is 5.47. The van der Waals surface area contributed by atoms with E-state index in [2.05, 4.69) is 13.8 Å². The number of hydrogen-bond donors (Lipinski definition) is 1. The molecule has 4 rings (SSSR count). The van der Waals surface area contributed by atoms with E-state index in [9.17, 15) is 9.59 Å². The largest absolute Gasteiger partial charge is 0.481 e. The van der Waals surface area contributed by atoms with E-state index in [0.29, 0.717) is 29.0 Å². The van der Waals surface area contributed by atoms with Crippen LogP contribution in [0.25, 0.3) is 0 Å². The molecule has 0 bridgehead atoms. The third kappa shape index (κ3) is 2.67. The van der Waals surface area contributed by atoms with Crippen LogP contribution in [0, 0.1) is 40.4 Å². The van der Waals surface area contributed by atoms with E-state index < -0.39 is 5.97 Å². The molecular weight excluding hydrogens is 324 g/mol. The first kappa shape index (κ1) is 18.5. The molecule has 0 amide bonds. The lowest BCUT2D eigenvalue weighted by Gasteiger charge is -2.59. The second-order valence-corrected chi connectivity index (χ2v) is 10.4. The second kappa shape index (κ2) is 6.63. The van der Waals surface area contributed by atoms with Crippen LogP contribution in [-0.4, -0.2) is 16.9 Å². The molecule has 0 aromatic rings. The number of carboxylic acid groups (broad SMARTS) is 1. The van der Waals surface area contributed by atoms with Gasteiger partial charge >= 0.3 is 5.97 Å². The fourth-order valence-corrected chi connectivity index (χ4v) is 8.08. The molecule has 4 fully saturated rings. The van der Waals surface area contributed by atoms with Gasteiger partial charge in [-0.15, -0.1) is 0 Å². The van der Waals surface area contributed by atoms with E-state index in [1.807, 2.05) is 0 Å². The zero-order chi connectivity index (χ0) is 18.5. The van der Waals surface area contributed by atoms with Crippen LogP contribution in [0.2, 0.25) is 0 Å². The maximum Gasteiger partial charge on any atom is 0.303 e. The molecule has 4 aliphatic rings. The molecule has 0 saturated heterocycles. The van der Waals surface area contributed by atoms with Crippen molar-refractivity contribution >= 4 is 11.8 Å². The van der Waals surface area contributed by atoms with Crippen LogP contribution in [0.15, 0.2) is 0 Å². The Balaban J connectivity index is 1.55. The first-order valence-corrected chi connectivity index (χ1v) is 11.1. The molecule has 0 radical (unpaired) electrons. The summed E-state index contributed by atoms with van der Waals surface area (Å²) < 4.78 is 0. The number of hydrogen-bond acceptors (Lipinski definition) is 2. The van der Waals surface area contributed by atoms with Crippen molar-refractivity contribution in [2.45, 2.75) is 90.9 Å². The first-order chi connectivity index (χ1) is 12.4. The van der Waals surface area contributed by atoms with Gasteiger partial charge < -0.3 is 5.11 Å². The molecule has 4 aliphatic carbocycles. The van der Waals surface area contributed by atoms with Crippen molar-refractivity contribution < 1.29 is 14.7 Å². The summed E-state index contributed by atoms with van der Waals surface area (Å²) in [4.78, 5) is 24.4. The van der Waals surface area contributed by atoms with Crippen LogP contribution in [0.5, 0.6) is 0 Å². The van der Waals surface area contributed by atoms with E-state index >= 15 is 0 Å². The maximum absolute atomic E-state index is 13.5. The van der Waals surface area contributed by atoms with E-state index in [1.165, 1.54) is 44.9 Å². The van der Waals surface area contributed by atoms with Gasteiger partial charge in [0.15, 0.2) is 0 Å². The van der Waals surface area contributed by atoms with Gasteiger partial charge in [0.25, 0.3) is 0 Å². The van der Waals surface area contributed by atoms with Crippen LogP contribution in [-0.2, 0) is 9.59 Å². The molecule has 0 spiro atoms. The minimum Gasteiger partial charge on any atom is -0.481 e. The molecule has 1 N–H and O–H groups in total. The van der Waals surface area contributed by atoms with Crippen LogP contribution in [0.1, 0.15) is 90.9 Å². The summed E-state index contributed by atoms with van der Waals surface area (Å²) in [6.45, 7) is 4.77. The van der Waals surface area contributed by atoms with Gasteiger partial charge in [-0.1, -0.05) is 26.7 Å². The fourth-order valence-electron chi connectivity index (χ4n) is 8.08. The number of Topliss-reactive ketones (excluding diaryl/α,β-unsaturated/α-hetero) is 1. The van der Waals surface area contributed by atoms with Gasteiger partial charge in [0.1, 0.15) is 5.78 Å². The van der Waals surface area contributed by atoms with Gasteiger partial charge in [0, 0.05) is 18.3 Å². The summed E-state index contributed by atoms with van der Waals surface area (Å²) in [6, 6.07) is 0. The number of carbonyl (C=O) groups excluding carboxylic acids is 1. The van der Waals surface area contributed by atoms with Crippen molar-refractivity contribution in [3.8, 4) is 0 Å². The molecule has 0 heterocycles. The van der Waals surface area contributed by atoms with E-state index in [4.69, 9.17) is 5.11 Å². The van der Waals surface area contributed by atoms with Gasteiger partial charge in [0.2, 0.25) is 0 Å². The number of carbonyl (C=O) groups is 2. The molecule has 146 valence electrons. The minimum atomic E-state index is -0.705. The molecule has 7 atom stereocenters. The highest BCUT2D eigenvalue weighted by atomic mass is 16.4. The SMILES string of the molecule is CC12C(=O)CC3C(CC[C@@H]4CCCCC34C)C1CCC2CCCC(=O)O. The lowest BCUT2D eigenvalue weighted by molar-refractivity contribution is -0.156. The normalized spacial score (nSPS) is 47.8. The Morgan fingerprint density at radius 1 is 1.08 bits per heavy atom. The molecule has 3 nitrogen and oxygen atoms in total. The highest BCUT2D eigenvalue weighted by Crippen LogP contribution is 2.66. The van der Waals surface area contributed by atoms with E-state index in [-0.39, 0.29) is 11.8 Å². The highest BCUT2D eigenvalue weighted by Gasteiger charge is 2.62. The van der Waals surface area contributed by atoms with Crippen LogP contribution < -0.4 is 0 Å². The Labute approximate surface area is 158 Å². The Kier molecular flexibility index (Phi) is 4.72. The summed E-state index contributed by atoms with van der Waals surface area (Å²) in [5.74, 6) is 2.99. The van der Waals surface area contributed by atoms with E-state index in [1.54, 1.807) is 0 Å². The average Bonchev–Trinajstić information content (AvgIpc) is 2.93. The summed E-state index contributed by atoms with van der Waals surface area (Å²) in [7, 11) is 0. The van der Waals surface area contributed by atoms with Crippen molar-refractivity contribution in [2.24, 2.45) is 40.4 Å². The standard InChI is InChI=1S/C23H36O3/c1-22-13-4-3-6-15(22)9-11-17-18-12-10-16(7-5-8-21(25)26)23(18,2)20(24)14-19(17)22/h15-19H,3-14H2,1-2H3,(H,25,26)/t15-,16?,17?,18?,19?,22?,23?/m0/s1. The zero-order valence-corrected chi connectivity index (χ0v) is 16.6. The lowest BCUT2D eigenvalue weighted by atomic mass is 9.44. The maximum atomic E-state index is 13.5. The highest BCUT2D eigenvalue weighted by molar-refractivity contribution is 5.87. The second-order valence-electron chi connectivity index (χ2n) is 10.4. The number of rotatable bonds is 4. The van der Waals surface area contributed by atoms with Gasteiger partial charge in [-0.3, -0.25) is 9.59 Å². The first-order valence-electron chi connectivity index (χ1n) is 11.1. The van der Waals surface area contributed by atoms with Crippen molar-refractivity contribution in [3.63, 3.8) is 0 Å². The van der Waals surface area contributed by atoms with Gasteiger partial charge in [-0.05, 0) is 86.4 Å². The summed E-state index contributed by atoms with van der Waals surface area (Å²) >= 11 is 0. The predicted molar refractivity (Wildman–Crippen MR) is 102 cm³/mol. The zero-order valence-electron chi connectivity index (χ0n) is 16.6. The smallest absolute Gasteiger partial charge is 0.303 e. The number of carboxylic acids is 1. The summed E-state index contributed by atoms with van der Waals surface area (Å²) in [5, 5.41) is 8.96. The van der Waals surface area contributed by atoms with Gasteiger partial charge in [0.05, 0.1) is 0 Å². The molecule has 4 saturated carbocycles. The van der Waals surface area contributed by atoms with Crippen LogP contribution >= 0.6 is 0 Å². The molecule has 3 heteroatoms. The summed E-state index contributed by atoms with van der Waals surface area (Å²) in [6.07, 6.45) is 13.2. The van der Waals surface area contributed by atoms with Gasteiger partial charge in [-0.25, -0.2) is 0 Å². The molecule has 0 aliphatic heterocycles.